The Balaban J connectivity index is 5.82. The van der Waals surface area contributed by atoms with Crippen LogP contribution in [-0.4, -0.2) is 47.9 Å². The van der Waals surface area contributed by atoms with E-state index >= 15 is 0 Å². The lowest BCUT2D eigenvalue weighted by Gasteiger charge is -2.25. The monoisotopic (exact) mass is 592 g/mol. The average molecular weight is 594 g/mol. The van der Waals surface area contributed by atoms with Gasteiger partial charge in [-0.3, -0.25) is 13.6 Å². The fourth-order valence-electron chi connectivity index (χ4n) is 1.92. The van der Waals surface area contributed by atoms with Crippen LogP contribution in [-0.2, 0) is 31.7 Å². The predicted molar refractivity (Wildman–Crippen MR) is 138 cm³/mol. The van der Waals surface area contributed by atoms with E-state index in [4.69, 9.17) is 69.0 Å². The Morgan fingerprint density at radius 3 is 1.24 bits per heavy atom. The number of rotatable bonds is 19. The van der Waals surface area contributed by atoms with Crippen molar-refractivity contribution >= 4 is 61.8 Å². The SMILES string of the molecule is CC[C@@H](Cl)COP(=O)(OC[C@H](Cl)CC)O/C(C)=C(/C)P(=O)(OC[C@H](Cl)CC)OC[C@H](Cl)CC. The molecule has 0 spiro atoms. The van der Waals surface area contributed by atoms with Gasteiger partial charge in [0.1, 0.15) is 5.76 Å². The Morgan fingerprint density at radius 1 is 0.636 bits per heavy atom. The van der Waals surface area contributed by atoms with Gasteiger partial charge >= 0.3 is 15.4 Å². The minimum absolute atomic E-state index is 0.0113. The Hall–Kier alpha value is 1.00. The Bertz CT molecular complexity index is 645. The average Bonchev–Trinajstić information content (AvgIpc) is 2.81. The van der Waals surface area contributed by atoms with Gasteiger partial charge in [-0.05, 0) is 39.5 Å². The van der Waals surface area contributed by atoms with Crippen LogP contribution in [0.2, 0.25) is 0 Å². The summed E-state index contributed by atoms with van der Waals surface area (Å²) in [7, 11) is -8.00. The Labute approximate surface area is 219 Å². The minimum Gasteiger partial charge on any atom is -0.408 e. The van der Waals surface area contributed by atoms with Crippen molar-refractivity contribution in [2.45, 2.75) is 88.7 Å². The highest BCUT2D eigenvalue weighted by Gasteiger charge is 2.36. The molecule has 0 aromatic rings. The van der Waals surface area contributed by atoms with Gasteiger partial charge in [0.15, 0.2) is 0 Å². The molecule has 0 aromatic heterocycles. The lowest BCUT2D eigenvalue weighted by atomic mass is 10.4. The van der Waals surface area contributed by atoms with Crippen LogP contribution in [0.4, 0.5) is 0 Å². The smallest absolute Gasteiger partial charge is 0.408 e. The quantitative estimate of drug-likeness (QED) is 0.0841. The van der Waals surface area contributed by atoms with Crippen molar-refractivity contribution in [3.8, 4) is 0 Å². The third-order valence-electron chi connectivity index (χ3n) is 4.62. The molecule has 198 valence electrons. The van der Waals surface area contributed by atoms with E-state index in [1.54, 1.807) is 0 Å². The largest absolute Gasteiger partial charge is 0.529 e. The normalized spacial score (nSPS) is 17.3. The number of phosphoric ester groups is 1. The number of allylic oxidation sites excluding steroid dienone is 2. The second-order valence-corrected chi connectivity index (χ2v) is 13.6. The molecule has 0 aliphatic carbocycles. The molecule has 0 radical (unpaired) electrons. The summed E-state index contributed by atoms with van der Waals surface area (Å²) < 4.78 is 54.5. The van der Waals surface area contributed by atoms with E-state index in [1.807, 2.05) is 27.7 Å². The molecule has 0 aliphatic heterocycles. The number of alkyl halides is 4. The first-order valence-electron chi connectivity index (χ1n) is 11.1. The van der Waals surface area contributed by atoms with E-state index in [1.165, 1.54) is 13.8 Å². The predicted octanol–water partition coefficient (Wildman–Crippen LogP) is 8.69. The topological polar surface area (TPSA) is 80.3 Å². The van der Waals surface area contributed by atoms with Crippen molar-refractivity contribution in [3.63, 3.8) is 0 Å². The van der Waals surface area contributed by atoms with Crippen LogP contribution in [0.1, 0.15) is 67.2 Å². The molecule has 0 saturated heterocycles. The van der Waals surface area contributed by atoms with E-state index in [9.17, 15) is 9.13 Å². The zero-order chi connectivity index (χ0) is 25.7. The maximum absolute atomic E-state index is 13.6. The van der Waals surface area contributed by atoms with Crippen LogP contribution in [0, 0.1) is 0 Å². The highest BCUT2D eigenvalue weighted by Crippen LogP contribution is 2.60. The molecule has 4 atom stereocenters. The highest BCUT2D eigenvalue weighted by atomic mass is 35.5. The molecule has 0 fully saturated rings. The van der Waals surface area contributed by atoms with E-state index < -0.39 is 26.2 Å². The van der Waals surface area contributed by atoms with Crippen molar-refractivity contribution < 1.29 is 31.7 Å². The van der Waals surface area contributed by atoms with Crippen molar-refractivity contribution in [1.29, 1.82) is 0 Å². The van der Waals surface area contributed by atoms with E-state index in [-0.39, 0.29) is 48.3 Å². The maximum Gasteiger partial charge on any atom is 0.529 e. The molecular formula is C20H38Cl4O7P2. The molecule has 0 aliphatic rings. The van der Waals surface area contributed by atoms with Crippen molar-refractivity contribution in [3.05, 3.63) is 11.1 Å². The third kappa shape index (κ3) is 13.8. The molecule has 0 aromatic carbocycles. The van der Waals surface area contributed by atoms with Gasteiger partial charge in [-0.2, -0.15) is 0 Å². The van der Waals surface area contributed by atoms with Gasteiger partial charge in [0.2, 0.25) is 0 Å². The zero-order valence-corrected chi connectivity index (χ0v) is 25.0. The Morgan fingerprint density at radius 2 is 0.939 bits per heavy atom. The summed E-state index contributed by atoms with van der Waals surface area (Å²) in [6.07, 6.45) is 2.40. The minimum atomic E-state index is -4.13. The summed E-state index contributed by atoms with van der Waals surface area (Å²) in [5, 5.41) is -1.41. The summed E-state index contributed by atoms with van der Waals surface area (Å²) in [6, 6.07) is 0. The maximum atomic E-state index is 13.6. The van der Waals surface area contributed by atoms with E-state index in [2.05, 4.69) is 0 Å². The number of hydrogen-bond acceptors (Lipinski definition) is 7. The number of halogens is 4. The summed E-state index contributed by atoms with van der Waals surface area (Å²) in [6.45, 7) is 10.3. The molecule has 13 heteroatoms. The highest BCUT2D eigenvalue weighted by molar-refractivity contribution is 7.58. The first kappa shape index (κ1) is 34.0. The molecule has 0 N–H and O–H groups in total. The third-order valence-corrected chi connectivity index (χ3v) is 9.90. The summed E-state index contributed by atoms with van der Waals surface area (Å²) in [5.41, 5.74) is 0. The van der Waals surface area contributed by atoms with Crippen LogP contribution in [0.15, 0.2) is 11.1 Å². The van der Waals surface area contributed by atoms with Crippen molar-refractivity contribution in [2.75, 3.05) is 26.4 Å². The van der Waals surface area contributed by atoms with Crippen molar-refractivity contribution in [1.82, 2.24) is 0 Å². The van der Waals surface area contributed by atoms with Crippen LogP contribution >= 0.6 is 61.8 Å². The molecule has 7 nitrogen and oxygen atoms in total. The van der Waals surface area contributed by atoms with Crippen LogP contribution < -0.4 is 0 Å². The molecule has 0 bridgehead atoms. The molecule has 0 rings (SSSR count). The number of hydrogen-bond donors (Lipinski definition) is 0. The molecular weight excluding hydrogens is 556 g/mol. The van der Waals surface area contributed by atoms with Gasteiger partial charge in [0.05, 0.1) is 53.3 Å². The molecule has 0 amide bonds. The molecule has 33 heavy (non-hydrogen) atoms. The van der Waals surface area contributed by atoms with Crippen molar-refractivity contribution in [2.24, 2.45) is 0 Å². The summed E-state index contributed by atoms with van der Waals surface area (Å²) in [4.78, 5) is 0. The van der Waals surface area contributed by atoms with Gasteiger partial charge in [0, 0.05) is 0 Å². The standard InChI is InChI=1S/C20H38Cl4O7P2/c1-7-17(21)11-27-32(25,28-12-18(22)8-2)16(6)15(5)31-33(26,29-13-19(23)9-3)30-14-20(24)10-4/h17-20H,7-14H2,1-6H3/b16-15-/t17-,18-,19-,20-/m1/s1. The number of phosphoric acid groups is 1. The van der Waals surface area contributed by atoms with Crippen LogP contribution in [0.5, 0.6) is 0 Å². The summed E-state index contributed by atoms with van der Waals surface area (Å²) in [5.74, 6) is 0.0113. The van der Waals surface area contributed by atoms with Crippen LogP contribution in [0.25, 0.3) is 0 Å². The fraction of sp³-hybridized carbons (Fsp3) is 0.900. The first-order chi connectivity index (χ1) is 15.4. The Kier molecular flexibility index (Phi) is 18.0. The summed E-state index contributed by atoms with van der Waals surface area (Å²) >= 11 is 24.5. The second-order valence-electron chi connectivity index (χ2n) is 7.38. The lowest BCUT2D eigenvalue weighted by Crippen LogP contribution is -2.14. The van der Waals surface area contributed by atoms with Gasteiger partial charge in [0.25, 0.3) is 0 Å². The lowest BCUT2D eigenvalue weighted by molar-refractivity contribution is 0.133. The zero-order valence-electron chi connectivity index (χ0n) is 20.2. The van der Waals surface area contributed by atoms with Gasteiger partial charge < -0.3 is 13.6 Å². The van der Waals surface area contributed by atoms with Crippen LogP contribution in [0.3, 0.4) is 0 Å². The van der Waals surface area contributed by atoms with Gasteiger partial charge in [-0.15, -0.1) is 46.4 Å². The fourth-order valence-corrected chi connectivity index (χ4v) is 5.62. The van der Waals surface area contributed by atoms with E-state index in [0.29, 0.717) is 25.7 Å². The molecule has 0 unspecified atom stereocenters. The first-order valence-corrected chi connectivity index (χ1v) is 15.8. The van der Waals surface area contributed by atoms with Gasteiger partial charge in [-0.1, -0.05) is 27.7 Å². The van der Waals surface area contributed by atoms with E-state index in [0.717, 1.165) is 0 Å². The van der Waals surface area contributed by atoms with Gasteiger partial charge in [-0.25, -0.2) is 4.57 Å². The molecule has 0 saturated carbocycles. The molecule has 0 heterocycles. The second kappa shape index (κ2) is 17.5.